The molecule has 0 unspecified atom stereocenters. The molecule has 21 heavy (non-hydrogen) atoms. The van der Waals surface area contributed by atoms with Crippen molar-refractivity contribution in [2.75, 3.05) is 31.5 Å². The Morgan fingerprint density at radius 1 is 1.14 bits per heavy atom. The van der Waals surface area contributed by atoms with Gasteiger partial charge in [-0.1, -0.05) is 23.7 Å². The molecule has 2 saturated heterocycles. The normalized spacial score (nSPS) is 21.3. The summed E-state index contributed by atoms with van der Waals surface area (Å²) in [5, 5.41) is 6.92. The molecule has 2 aliphatic heterocycles. The smallest absolute Gasteiger partial charge is 0.321 e. The molecule has 2 aliphatic rings. The number of benzene rings is 1. The molecule has 1 spiro atoms. The Balaban J connectivity index is 1.57. The van der Waals surface area contributed by atoms with Crippen molar-refractivity contribution in [3.05, 3.63) is 29.3 Å². The third-order valence-corrected chi connectivity index (χ3v) is 5.22. The van der Waals surface area contributed by atoms with Gasteiger partial charge in [0.25, 0.3) is 0 Å². The fourth-order valence-electron chi connectivity index (χ4n) is 3.40. The van der Waals surface area contributed by atoms with E-state index in [9.17, 15) is 4.79 Å². The van der Waals surface area contributed by atoms with Crippen LogP contribution >= 0.6 is 11.6 Å². The number of amides is 2. The topological polar surface area (TPSA) is 44.4 Å². The first-order chi connectivity index (χ1) is 10.2. The number of anilines is 1. The predicted molar refractivity (Wildman–Crippen MR) is 85.8 cm³/mol. The third-order valence-electron chi connectivity index (χ3n) is 4.89. The molecule has 0 aromatic heterocycles. The Bertz CT molecular complexity index is 504. The SMILES string of the molecule is O=C(Nc1ccccc1Cl)N1CCC2(CCNCC2)CC1. The Hall–Kier alpha value is -1.26. The average Bonchev–Trinajstić information content (AvgIpc) is 2.51. The Morgan fingerprint density at radius 3 is 2.48 bits per heavy atom. The van der Waals surface area contributed by atoms with Gasteiger partial charge in [-0.3, -0.25) is 0 Å². The van der Waals surface area contributed by atoms with E-state index in [1.54, 1.807) is 6.07 Å². The van der Waals surface area contributed by atoms with Gasteiger partial charge in [0.05, 0.1) is 10.7 Å². The minimum Gasteiger partial charge on any atom is -0.324 e. The summed E-state index contributed by atoms with van der Waals surface area (Å²) in [5.74, 6) is 0. The van der Waals surface area contributed by atoms with Crippen LogP contribution in [0.5, 0.6) is 0 Å². The van der Waals surface area contributed by atoms with E-state index < -0.39 is 0 Å². The molecule has 2 heterocycles. The number of hydrogen-bond acceptors (Lipinski definition) is 2. The zero-order valence-corrected chi connectivity index (χ0v) is 13.0. The number of likely N-dealkylation sites (tertiary alicyclic amines) is 1. The molecule has 114 valence electrons. The number of nitrogens with one attached hydrogen (secondary N) is 2. The van der Waals surface area contributed by atoms with Gasteiger partial charge in [-0.05, 0) is 56.3 Å². The maximum Gasteiger partial charge on any atom is 0.321 e. The first-order valence-corrected chi connectivity index (χ1v) is 8.08. The summed E-state index contributed by atoms with van der Waals surface area (Å²) < 4.78 is 0. The number of hydrogen-bond donors (Lipinski definition) is 2. The maximum absolute atomic E-state index is 12.3. The Morgan fingerprint density at radius 2 is 1.81 bits per heavy atom. The van der Waals surface area contributed by atoms with Crippen LogP contribution in [-0.2, 0) is 0 Å². The second-order valence-electron chi connectivity index (χ2n) is 6.15. The highest BCUT2D eigenvalue weighted by molar-refractivity contribution is 6.33. The second kappa shape index (κ2) is 6.24. The highest BCUT2D eigenvalue weighted by atomic mass is 35.5. The van der Waals surface area contributed by atoms with Gasteiger partial charge in [-0.25, -0.2) is 4.79 Å². The average molecular weight is 308 g/mol. The van der Waals surface area contributed by atoms with Gasteiger partial charge >= 0.3 is 6.03 Å². The molecular formula is C16H22ClN3O. The van der Waals surface area contributed by atoms with Crippen LogP contribution < -0.4 is 10.6 Å². The number of carbonyl (C=O) groups is 1. The second-order valence-corrected chi connectivity index (χ2v) is 6.55. The van der Waals surface area contributed by atoms with Crippen LogP contribution in [0, 0.1) is 5.41 Å². The van der Waals surface area contributed by atoms with E-state index in [4.69, 9.17) is 11.6 Å². The standard InChI is InChI=1S/C16H22ClN3O/c17-13-3-1-2-4-14(13)19-15(21)20-11-7-16(8-12-20)5-9-18-10-6-16/h1-4,18H,5-12H2,(H,19,21). The quantitative estimate of drug-likeness (QED) is 0.836. The molecule has 2 fully saturated rings. The summed E-state index contributed by atoms with van der Waals surface area (Å²) in [6.45, 7) is 3.92. The molecule has 0 atom stereocenters. The van der Waals surface area contributed by atoms with Crippen molar-refractivity contribution >= 4 is 23.3 Å². The number of nitrogens with zero attached hydrogens (tertiary/aromatic N) is 1. The molecule has 0 bridgehead atoms. The summed E-state index contributed by atoms with van der Waals surface area (Å²) >= 11 is 6.08. The molecule has 5 heteroatoms. The van der Waals surface area contributed by atoms with Crippen molar-refractivity contribution in [2.24, 2.45) is 5.41 Å². The van der Waals surface area contributed by atoms with Gasteiger partial charge in [-0.2, -0.15) is 0 Å². The largest absolute Gasteiger partial charge is 0.324 e. The van der Waals surface area contributed by atoms with Crippen molar-refractivity contribution in [1.29, 1.82) is 0 Å². The number of para-hydroxylation sites is 1. The minimum absolute atomic E-state index is 0.0353. The van der Waals surface area contributed by atoms with Crippen LogP contribution in [0.4, 0.5) is 10.5 Å². The number of urea groups is 1. The number of carbonyl (C=O) groups excluding carboxylic acids is 1. The molecule has 4 nitrogen and oxygen atoms in total. The molecule has 3 rings (SSSR count). The van der Waals surface area contributed by atoms with Crippen LogP contribution in [0.3, 0.4) is 0 Å². The van der Waals surface area contributed by atoms with E-state index in [-0.39, 0.29) is 6.03 Å². The van der Waals surface area contributed by atoms with Gasteiger partial charge in [0.1, 0.15) is 0 Å². The summed E-state index contributed by atoms with van der Waals surface area (Å²) in [6.07, 6.45) is 4.72. The monoisotopic (exact) mass is 307 g/mol. The van der Waals surface area contributed by atoms with Crippen LogP contribution in [0.25, 0.3) is 0 Å². The minimum atomic E-state index is -0.0353. The Kier molecular flexibility index (Phi) is 4.36. The summed E-state index contributed by atoms with van der Waals surface area (Å²) in [6, 6.07) is 7.32. The van der Waals surface area contributed by atoms with Crippen molar-refractivity contribution in [3.8, 4) is 0 Å². The number of piperidine rings is 2. The fraction of sp³-hybridized carbons (Fsp3) is 0.562. The van der Waals surface area contributed by atoms with Crippen LogP contribution in [-0.4, -0.2) is 37.1 Å². The highest BCUT2D eigenvalue weighted by Gasteiger charge is 2.36. The van der Waals surface area contributed by atoms with Gasteiger partial charge in [-0.15, -0.1) is 0 Å². The van der Waals surface area contributed by atoms with Crippen LogP contribution in [0.1, 0.15) is 25.7 Å². The zero-order valence-electron chi connectivity index (χ0n) is 12.2. The maximum atomic E-state index is 12.3. The van der Waals surface area contributed by atoms with E-state index >= 15 is 0 Å². The number of rotatable bonds is 1. The van der Waals surface area contributed by atoms with Gasteiger partial charge in [0.15, 0.2) is 0 Å². The summed E-state index contributed by atoms with van der Waals surface area (Å²) in [5.41, 5.74) is 1.15. The van der Waals surface area contributed by atoms with Crippen molar-refractivity contribution in [2.45, 2.75) is 25.7 Å². The van der Waals surface area contributed by atoms with E-state index in [1.807, 2.05) is 23.1 Å². The molecule has 2 amide bonds. The van der Waals surface area contributed by atoms with Gasteiger partial charge in [0.2, 0.25) is 0 Å². The molecule has 1 aromatic rings. The third kappa shape index (κ3) is 3.33. The lowest BCUT2D eigenvalue weighted by atomic mass is 9.72. The molecule has 1 aromatic carbocycles. The molecule has 0 saturated carbocycles. The van der Waals surface area contributed by atoms with Crippen molar-refractivity contribution < 1.29 is 4.79 Å². The van der Waals surface area contributed by atoms with Crippen molar-refractivity contribution in [3.63, 3.8) is 0 Å². The molecule has 0 aliphatic carbocycles. The van der Waals surface area contributed by atoms with E-state index in [0.29, 0.717) is 16.1 Å². The van der Waals surface area contributed by atoms with E-state index in [2.05, 4.69) is 10.6 Å². The van der Waals surface area contributed by atoms with Crippen molar-refractivity contribution in [1.82, 2.24) is 10.2 Å². The molecular weight excluding hydrogens is 286 g/mol. The molecule has 0 radical (unpaired) electrons. The highest BCUT2D eigenvalue weighted by Crippen LogP contribution is 2.39. The van der Waals surface area contributed by atoms with E-state index in [0.717, 1.165) is 39.0 Å². The van der Waals surface area contributed by atoms with Gasteiger partial charge < -0.3 is 15.5 Å². The lowest BCUT2D eigenvalue weighted by molar-refractivity contribution is 0.0915. The lowest BCUT2D eigenvalue weighted by Crippen LogP contribution is -2.48. The first-order valence-electron chi connectivity index (χ1n) is 7.70. The zero-order chi connectivity index (χ0) is 14.7. The first kappa shape index (κ1) is 14.7. The summed E-state index contributed by atoms with van der Waals surface area (Å²) in [7, 11) is 0. The summed E-state index contributed by atoms with van der Waals surface area (Å²) in [4.78, 5) is 14.2. The lowest BCUT2D eigenvalue weighted by Gasteiger charge is -2.44. The predicted octanol–water partition coefficient (Wildman–Crippen LogP) is 3.34. The van der Waals surface area contributed by atoms with Gasteiger partial charge in [0, 0.05) is 13.1 Å². The number of halogens is 1. The van der Waals surface area contributed by atoms with Crippen LogP contribution in [0.2, 0.25) is 5.02 Å². The Labute approximate surface area is 130 Å². The van der Waals surface area contributed by atoms with E-state index in [1.165, 1.54) is 12.8 Å². The van der Waals surface area contributed by atoms with Crippen LogP contribution in [0.15, 0.2) is 24.3 Å². The molecule has 2 N–H and O–H groups in total. The fourth-order valence-corrected chi connectivity index (χ4v) is 3.58.